The van der Waals surface area contributed by atoms with Crippen molar-refractivity contribution in [1.82, 2.24) is 9.55 Å². The van der Waals surface area contributed by atoms with Crippen molar-refractivity contribution in [1.29, 1.82) is 5.26 Å². The SMILES string of the molecule is Cc1cc(C#N)ccc1Cn1c(=O)cnc2ccccc21. The molecule has 0 bridgehead atoms. The van der Waals surface area contributed by atoms with Crippen LogP contribution >= 0.6 is 0 Å². The van der Waals surface area contributed by atoms with Crippen molar-refractivity contribution >= 4 is 11.0 Å². The van der Waals surface area contributed by atoms with Gasteiger partial charge in [0, 0.05) is 0 Å². The van der Waals surface area contributed by atoms with Crippen molar-refractivity contribution in [3.8, 4) is 6.07 Å². The van der Waals surface area contributed by atoms with E-state index in [1.54, 1.807) is 10.6 Å². The molecular weight excluding hydrogens is 262 g/mol. The number of hydrogen-bond donors (Lipinski definition) is 0. The zero-order chi connectivity index (χ0) is 14.8. The third kappa shape index (κ3) is 2.41. The summed E-state index contributed by atoms with van der Waals surface area (Å²) in [5.41, 5.74) is 4.13. The highest BCUT2D eigenvalue weighted by molar-refractivity contribution is 5.74. The van der Waals surface area contributed by atoms with Crippen LogP contribution in [0.3, 0.4) is 0 Å². The highest BCUT2D eigenvalue weighted by atomic mass is 16.1. The van der Waals surface area contributed by atoms with E-state index in [-0.39, 0.29) is 5.56 Å². The summed E-state index contributed by atoms with van der Waals surface area (Å²) in [6, 6.07) is 15.2. The molecule has 0 fully saturated rings. The van der Waals surface area contributed by atoms with E-state index in [9.17, 15) is 4.79 Å². The van der Waals surface area contributed by atoms with E-state index in [1.165, 1.54) is 6.20 Å². The lowest BCUT2D eigenvalue weighted by Gasteiger charge is -2.11. The number of rotatable bonds is 2. The molecule has 0 aliphatic carbocycles. The molecule has 3 rings (SSSR count). The Morgan fingerprint density at radius 2 is 2.05 bits per heavy atom. The fourth-order valence-corrected chi connectivity index (χ4v) is 2.39. The van der Waals surface area contributed by atoms with Gasteiger partial charge in [-0.3, -0.25) is 4.79 Å². The summed E-state index contributed by atoms with van der Waals surface area (Å²) >= 11 is 0. The minimum Gasteiger partial charge on any atom is -0.301 e. The van der Waals surface area contributed by atoms with Gasteiger partial charge in [0.15, 0.2) is 0 Å². The maximum absolute atomic E-state index is 12.1. The number of hydrogen-bond acceptors (Lipinski definition) is 3. The molecule has 4 nitrogen and oxygen atoms in total. The zero-order valence-corrected chi connectivity index (χ0v) is 11.6. The van der Waals surface area contributed by atoms with Gasteiger partial charge in [-0.15, -0.1) is 0 Å². The first kappa shape index (κ1) is 13.1. The van der Waals surface area contributed by atoms with Crippen LogP contribution in [0.25, 0.3) is 11.0 Å². The van der Waals surface area contributed by atoms with Crippen molar-refractivity contribution < 1.29 is 0 Å². The summed E-state index contributed by atoms with van der Waals surface area (Å²) in [6.07, 6.45) is 1.35. The summed E-state index contributed by atoms with van der Waals surface area (Å²) in [6.45, 7) is 2.42. The van der Waals surface area contributed by atoms with Gasteiger partial charge >= 0.3 is 0 Å². The molecule has 0 unspecified atom stereocenters. The number of aromatic nitrogens is 2. The summed E-state index contributed by atoms with van der Waals surface area (Å²) in [4.78, 5) is 16.3. The van der Waals surface area contributed by atoms with Crippen LogP contribution in [0.5, 0.6) is 0 Å². The molecule has 0 radical (unpaired) electrons. The quantitative estimate of drug-likeness (QED) is 0.722. The van der Waals surface area contributed by atoms with Crippen LogP contribution in [0.2, 0.25) is 0 Å². The number of para-hydroxylation sites is 2. The molecule has 0 aliphatic rings. The number of fused-ring (bicyclic) bond motifs is 1. The van der Waals surface area contributed by atoms with Crippen molar-refractivity contribution in [2.45, 2.75) is 13.5 Å². The molecule has 21 heavy (non-hydrogen) atoms. The maximum atomic E-state index is 12.1. The average Bonchev–Trinajstić information content (AvgIpc) is 2.51. The van der Waals surface area contributed by atoms with Crippen molar-refractivity contribution in [3.05, 3.63) is 75.7 Å². The van der Waals surface area contributed by atoms with Gasteiger partial charge in [0.1, 0.15) is 0 Å². The standard InChI is InChI=1S/C17H13N3O/c1-12-8-13(9-18)6-7-14(12)11-20-16-5-3-2-4-15(16)19-10-17(20)21/h2-8,10H,11H2,1H3. The van der Waals surface area contributed by atoms with Crippen molar-refractivity contribution in [2.24, 2.45) is 0 Å². The van der Waals surface area contributed by atoms with Gasteiger partial charge in [0.25, 0.3) is 5.56 Å². The molecule has 4 heteroatoms. The Morgan fingerprint density at radius 1 is 1.24 bits per heavy atom. The largest absolute Gasteiger partial charge is 0.301 e. The minimum atomic E-state index is -0.127. The normalized spacial score (nSPS) is 10.5. The Kier molecular flexibility index (Phi) is 3.25. The van der Waals surface area contributed by atoms with E-state index < -0.39 is 0 Å². The second-order valence-electron chi connectivity index (χ2n) is 4.92. The molecule has 0 atom stereocenters. The van der Waals surface area contributed by atoms with Crippen molar-refractivity contribution in [3.63, 3.8) is 0 Å². The van der Waals surface area contributed by atoms with Crippen LogP contribution < -0.4 is 5.56 Å². The van der Waals surface area contributed by atoms with E-state index >= 15 is 0 Å². The maximum Gasteiger partial charge on any atom is 0.269 e. The predicted octanol–water partition coefficient (Wildman–Crippen LogP) is 2.62. The van der Waals surface area contributed by atoms with Gasteiger partial charge in [-0.1, -0.05) is 18.2 Å². The van der Waals surface area contributed by atoms with Crippen LogP contribution in [-0.2, 0) is 6.54 Å². The average molecular weight is 275 g/mol. The molecule has 0 N–H and O–H groups in total. The van der Waals surface area contributed by atoms with E-state index in [4.69, 9.17) is 5.26 Å². The molecule has 0 spiro atoms. The Labute approximate surface area is 121 Å². The molecule has 0 amide bonds. The lowest BCUT2D eigenvalue weighted by Crippen LogP contribution is -2.21. The molecule has 3 aromatic rings. The van der Waals surface area contributed by atoms with Gasteiger partial charge in [0.2, 0.25) is 0 Å². The highest BCUT2D eigenvalue weighted by Crippen LogP contribution is 2.14. The van der Waals surface area contributed by atoms with Gasteiger partial charge in [-0.25, -0.2) is 4.98 Å². The number of nitriles is 1. The molecule has 102 valence electrons. The number of benzene rings is 2. The Morgan fingerprint density at radius 3 is 2.81 bits per heavy atom. The molecule has 0 saturated heterocycles. The zero-order valence-electron chi connectivity index (χ0n) is 11.6. The van der Waals surface area contributed by atoms with Crippen LogP contribution in [0.4, 0.5) is 0 Å². The second-order valence-corrected chi connectivity index (χ2v) is 4.92. The lowest BCUT2D eigenvalue weighted by atomic mass is 10.1. The number of aryl methyl sites for hydroxylation is 1. The Hall–Kier alpha value is -2.93. The molecular formula is C17H13N3O. The molecule has 0 saturated carbocycles. The summed E-state index contributed by atoms with van der Waals surface area (Å²) in [5, 5.41) is 8.91. The number of nitrogens with zero attached hydrogens (tertiary/aromatic N) is 3. The fraction of sp³-hybridized carbons (Fsp3) is 0.118. The first-order valence-electron chi connectivity index (χ1n) is 6.63. The van der Waals surface area contributed by atoms with Gasteiger partial charge < -0.3 is 4.57 Å². The smallest absolute Gasteiger partial charge is 0.269 e. The third-order valence-corrected chi connectivity index (χ3v) is 3.55. The molecule has 2 aromatic carbocycles. The van der Waals surface area contributed by atoms with Crippen molar-refractivity contribution in [2.75, 3.05) is 0 Å². The fourth-order valence-electron chi connectivity index (χ4n) is 2.39. The first-order valence-corrected chi connectivity index (χ1v) is 6.63. The Bertz CT molecular complexity index is 919. The van der Waals surface area contributed by atoms with Crippen LogP contribution in [0.15, 0.2) is 53.5 Å². The van der Waals surface area contributed by atoms with E-state index in [1.807, 2.05) is 43.3 Å². The minimum absolute atomic E-state index is 0.127. The second kappa shape index (κ2) is 5.22. The highest BCUT2D eigenvalue weighted by Gasteiger charge is 2.07. The van der Waals surface area contributed by atoms with E-state index in [0.29, 0.717) is 12.1 Å². The van der Waals surface area contributed by atoms with Crippen LogP contribution in [0, 0.1) is 18.3 Å². The van der Waals surface area contributed by atoms with E-state index in [0.717, 1.165) is 22.2 Å². The van der Waals surface area contributed by atoms with Crippen LogP contribution in [0.1, 0.15) is 16.7 Å². The predicted molar refractivity (Wildman–Crippen MR) is 81.0 cm³/mol. The summed E-state index contributed by atoms with van der Waals surface area (Å²) < 4.78 is 1.71. The first-order chi connectivity index (χ1) is 10.2. The summed E-state index contributed by atoms with van der Waals surface area (Å²) in [5.74, 6) is 0. The van der Waals surface area contributed by atoms with Gasteiger partial charge in [-0.2, -0.15) is 5.26 Å². The van der Waals surface area contributed by atoms with E-state index in [2.05, 4.69) is 11.1 Å². The van der Waals surface area contributed by atoms with Gasteiger partial charge in [-0.05, 0) is 42.3 Å². The third-order valence-electron chi connectivity index (χ3n) is 3.55. The topological polar surface area (TPSA) is 58.7 Å². The molecule has 1 aromatic heterocycles. The Balaban J connectivity index is 2.12. The monoisotopic (exact) mass is 275 g/mol. The van der Waals surface area contributed by atoms with Gasteiger partial charge in [0.05, 0.1) is 35.4 Å². The molecule has 1 heterocycles. The lowest BCUT2D eigenvalue weighted by molar-refractivity contribution is 0.782. The molecule has 0 aliphatic heterocycles. The summed E-state index contributed by atoms with van der Waals surface area (Å²) in [7, 11) is 0. The van der Waals surface area contributed by atoms with Crippen LogP contribution in [-0.4, -0.2) is 9.55 Å².